The van der Waals surface area contributed by atoms with Crippen molar-refractivity contribution in [3.8, 4) is 6.07 Å². The molecule has 0 N–H and O–H groups in total. The molecule has 2 aromatic heterocycles. The van der Waals surface area contributed by atoms with Crippen LogP contribution in [0.3, 0.4) is 0 Å². The van der Waals surface area contributed by atoms with Gasteiger partial charge in [0.25, 0.3) is 0 Å². The van der Waals surface area contributed by atoms with Crippen LogP contribution in [0.5, 0.6) is 0 Å². The second-order valence-corrected chi connectivity index (χ2v) is 6.68. The molecule has 0 aromatic carbocycles. The number of methoxy groups -OCH3 is 1. The van der Waals surface area contributed by atoms with Gasteiger partial charge < -0.3 is 13.8 Å². The molecule has 1 aliphatic rings. The van der Waals surface area contributed by atoms with Gasteiger partial charge in [0.1, 0.15) is 17.5 Å². The van der Waals surface area contributed by atoms with Gasteiger partial charge in [0, 0.05) is 57.9 Å². The van der Waals surface area contributed by atoms with E-state index < -0.39 is 0 Å². The smallest absolute Gasteiger partial charge is 0.137 e. The van der Waals surface area contributed by atoms with Gasteiger partial charge in [-0.25, -0.2) is 0 Å². The Hall–Kier alpha value is -2.10. The van der Waals surface area contributed by atoms with Crippen LogP contribution in [0.2, 0.25) is 0 Å². The summed E-state index contributed by atoms with van der Waals surface area (Å²) in [4.78, 5) is 2.39. The van der Waals surface area contributed by atoms with Gasteiger partial charge in [0.05, 0.1) is 11.8 Å². The van der Waals surface area contributed by atoms with Gasteiger partial charge in [-0.3, -0.25) is 4.90 Å². The molecule has 0 bridgehead atoms. The zero-order valence-corrected chi connectivity index (χ0v) is 14.7. The number of hydrogen-bond acceptors (Lipinski definition) is 5. The minimum absolute atomic E-state index is 0.190. The highest BCUT2D eigenvalue weighted by molar-refractivity contribution is 5.34. The molecular weight excluding hydrogens is 304 g/mol. The van der Waals surface area contributed by atoms with Crippen LogP contribution in [0.1, 0.15) is 28.4 Å². The fraction of sp³-hybridized carbons (Fsp3) is 0.556. The second kappa shape index (κ2) is 6.80. The lowest BCUT2D eigenvalue weighted by molar-refractivity contribution is 0.0761. The van der Waals surface area contributed by atoms with Gasteiger partial charge in [-0.1, -0.05) is 5.16 Å². The molecule has 1 aliphatic heterocycles. The van der Waals surface area contributed by atoms with Crippen molar-refractivity contribution >= 4 is 0 Å². The largest absolute Gasteiger partial charge is 0.380 e. The van der Waals surface area contributed by atoms with Gasteiger partial charge in [0.15, 0.2) is 0 Å². The van der Waals surface area contributed by atoms with Crippen molar-refractivity contribution in [1.29, 1.82) is 5.26 Å². The summed E-state index contributed by atoms with van der Waals surface area (Å²) < 4.78 is 13.0. The van der Waals surface area contributed by atoms with Crippen molar-refractivity contribution in [2.24, 2.45) is 13.0 Å². The minimum Gasteiger partial charge on any atom is -0.380 e. The van der Waals surface area contributed by atoms with Crippen molar-refractivity contribution in [3.05, 3.63) is 40.5 Å². The van der Waals surface area contributed by atoms with E-state index in [2.05, 4.69) is 23.0 Å². The Morgan fingerprint density at radius 3 is 2.75 bits per heavy atom. The Labute approximate surface area is 142 Å². The van der Waals surface area contributed by atoms with Crippen molar-refractivity contribution in [2.75, 3.05) is 20.2 Å². The molecule has 0 spiro atoms. The summed E-state index contributed by atoms with van der Waals surface area (Å²) >= 11 is 0. The van der Waals surface area contributed by atoms with Crippen LogP contribution < -0.4 is 0 Å². The predicted molar refractivity (Wildman–Crippen MR) is 89.4 cm³/mol. The fourth-order valence-electron chi connectivity index (χ4n) is 3.56. The molecule has 1 fully saturated rings. The van der Waals surface area contributed by atoms with Crippen LogP contribution in [0, 0.1) is 31.1 Å². The normalized spacial score (nSPS) is 21.3. The Morgan fingerprint density at radius 2 is 2.17 bits per heavy atom. The van der Waals surface area contributed by atoms with Gasteiger partial charge in [-0.15, -0.1) is 0 Å². The third-order valence-corrected chi connectivity index (χ3v) is 5.05. The number of rotatable bonds is 5. The first kappa shape index (κ1) is 16.7. The van der Waals surface area contributed by atoms with Crippen LogP contribution in [-0.4, -0.2) is 40.9 Å². The van der Waals surface area contributed by atoms with Crippen LogP contribution in [-0.2, 0) is 24.8 Å². The number of ether oxygens (including phenoxy) is 1. The van der Waals surface area contributed by atoms with E-state index >= 15 is 0 Å². The number of likely N-dealkylation sites (tertiary alicyclic amines) is 1. The first-order chi connectivity index (χ1) is 11.5. The summed E-state index contributed by atoms with van der Waals surface area (Å²) in [6.45, 7) is 6.69. The third kappa shape index (κ3) is 3.23. The van der Waals surface area contributed by atoms with Crippen molar-refractivity contribution in [1.82, 2.24) is 14.6 Å². The first-order valence-electron chi connectivity index (χ1n) is 8.24. The molecule has 0 aliphatic carbocycles. The molecule has 6 heteroatoms. The maximum Gasteiger partial charge on any atom is 0.137 e. The maximum absolute atomic E-state index is 9.18. The molecule has 0 amide bonds. The predicted octanol–water partition coefficient (Wildman–Crippen LogP) is 2.19. The van der Waals surface area contributed by atoms with Gasteiger partial charge in [-0.05, 0) is 25.5 Å². The highest BCUT2D eigenvalue weighted by Crippen LogP contribution is 2.26. The molecule has 2 atom stereocenters. The van der Waals surface area contributed by atoms with Crippen molar-refractivity contribution in [3.63, 3.8) is 0 Å². The van der Waals surface area contributed by atoms with Crippen LogP contribution in [0.15, 0.2) is 16.7 Å². The number of nitriles is 1. The monoisotopic (exact) mass is 328 g/mol. The fourth-order valence-corrected chi connectivity index (χ4v) is 3.56. The summed E-state index contributed by atoms with van der Waals surface area (Å²) in [5, 5.41) is 13.2. The standard InChI is InChI=1S/C18H24N4O2/c1-12-5-17(24-20-12)7-15-10-22(11-18(15)23-4)9-14-6-16(8-19)21(3)13(14)2/h5-6,15,18H,7,9-11H2,1-4H3/t15-,18+/m1/s1. The Balaban J connectivity index is 1.69. The molecule has 0 saturated carbocycles. The van der Waals surface area contributed by atoms with E-state index in [1.54, 1.807) is 7.11 Å². The summed E-state index contributed by atoms with van der Waals surface area (Å²) in [5.74, 6) is 1.31. The first-order valence-corrected chi connectivity index (χ1v) is 8.24. The molecule has 3 heterocycles. The number of hydrogen-bond donors (Lipinski definition) is 0. The van der Waals surface area contributed by atoms with E-state index in [0.717, 1.165) is 43.2 Å². The van der Waals surface area contributed by atoms with Crippen molar-refractivity contribution in [2.45, 2.75) is 32.9 Å². The Bertz CT molecular complexity index is 756. The number of nitrogens with zero attached hydrogens (tertiary/aromatic N) is 4. The van der Waals surface area contributed by atoms with Gasteiger partial charge in [-0.2, -0.15) is 5.26 Å². The number of aromatic nitrogens is 2. The minimum atomic E-state index is 0.190. The van der Waals surface area contributed by atoms with Gasteiger partial charge >= 0.3 is 0 Å². The topological polar surface area (TPSA) is 67.2 Å². The molecule has 3 rings (SSSR count). The highest BCUT2D eigenvalue weighted by Gasteiger charge is 2.34. The Morgan fingerprint density at radius 1 is 1.38 bits per heavy atom. The van der Waals surface area contributed by atoms with Crippen LogP contribution >= 0.6 is 0 Å². The number of aryl methyl sites for hydroxylation is 1. The second-order valence-electron chi connectivity index (χ2n) is 6.68. The lowest BCUT2D eigenvalue weighted by Crippen LogP contribution is -2.23. The highest BCUT2D eigenvalue weighted by atomic mass is 16.5. The van der Waals surface area contributed by atoms with Crippen LogP contribution in [0.4, 0.5) is 0 Å². The van der Waals surface area contributed by atoms with E-state index in [0.29, 0.717) is 11.6 Å². The lowest BCUT2D eigenvalue weighted by Gasteiger charge is -2.15. The summed E-state index contributed by atoms with van der Waals surface area (Å²) in [6.07, 6.45) is 1.03. The zero-order chi connectivity index (χ0) is 17.3. The molecule has 1 saturated heterocycles. The maximum atomic E-state index is 9.18. The Kier molecular flexibility index (Phi) is 4.74. The summed E-state index contributed by atoms with van der Waals surface area (Å²) in [5.41, 5.74) is 3.98. The van der Waals surface area contributed by atoms with E-state index in [9.17, 15) is 5.26 Å². The molecule has 0 unspecified atom stereocenters. The van der Waals surface area contributed by atoms with E-state index in [1.165, 1.54) is 5.56 Å². The molecule has 128 valence electrons. The van der Waals surface area contributed by atoms with Crippen LogP contribution in [0.25, 0.3) is 0 Å². The molecule has 2 aromatic rings. The van der Waals surface area contributed by atoms with E-state index in [-0.39, 0.29) is 6.10 Å². The molecule has 6 nitrogen and oxygen atoms in total. The quantitative estimate of drug-likeness (QED) is 0.841. The SMILES string of the molecule is CO[C@H]1CN(Cc2cc(C#N)n(C)c2C)C[C@H]1Cc1cc(C)no1. The molecular formula is C18H24N4O2. The molecule has 0 radical (unpaired) electrons. The summed E-state index contributed by atoms with van der Waals surface area (Å²) in [7, 11) is 3.71. The van der Waals surface area contributed by atoms with E-state index in [4.69, 9.17) is 9.26 Å². The third-order valence-electron chi connectivity index (χ3n) is 5.05. The zero-order valence-electron chi connectivity index (χ0n) is 14.7. The van der Waals surface area contributed by atoms with E-state index in [1.807, 2.05) is 30.7 Å². The molecule has 24 heavy (non-hydrogen) atoms. The van der Waals surface area contributed by atoms with Crippen molar-refractivity contribution < 1.29 is 9.26 Å². The van der Waals surface area contributed by atoms with Gasteiger partial charge in [0.2, 0.25) is 0 Å². The lowest BCUT2D eigenvalue weighted by atomic mass is 10.0. The summed E-state index contributed by atoms with van der Waals surface area (Å²) in [6, 6.07) is 6.23. The average Bonchev–Trinajstić information content (AvgIpc) is 3.22. The average molecular weight is 328 g/mol.